The lowest BCUT2D eigenvalue weighted by molar-refractivity contribution is 0.0945. The molecule has 178 valence electrons. The zero-order chi connectivity index (χ0) is 24.0. The lowest BCUT2D eigenvalue weighted by Gasteiger charge is -2.28. The number of nitrogens with one attached hydrogen (secondary N) is 1. The van der Waals surface area contributed by atoms with Gasteiger partial charge in [-0.15, -0.1) is 5.10 Å². The van der Waals surface area contributed by atoms with Gasteiger partial charge in [0.25, 0.3) is 5.91 Å². The summed E-state index contributed by atoms with van der Waals surface area (Å²) in [4.78, 5) is 17.0. The van der Waals surface area contributed by atoms with Gasteiger partial charge in [-0.2, -0.15) is 0 Å². The topological polar surface area (TPSA) is 145 Å². The smallest absolute Gasteiger partial charge is 0.270 e. The number of aromatic nitrogens is 1. The summed E-state index contributed by atoms with van der Waals surface area (Å²) < 4.78 is 18.5. The highest BCUT2D eigenvalue weighted by Gasteiger charge is 2.20. The zero-order valence-corrected chi connectivity index (χ0v) is 19.1. The molecule has 1 saturated carbocycles. The largest absolute Gasteiger partial charge is 0.494 e. The zero-order valence-electron chi connectivity index (χ0n) is 19.1. The molecule has 9 nitrogen and oxygen atoms in total. The van der Waals surface area contributed by atoms with E-state index in [2.05, 4.69) is 15.4 Å². The quantitative estimate of drug-likeness (QED) is 0.205. The van der Waals surface area contributed by atoms with Gasteiger partial charge in [0, 0.05) is 23.8 Å². The molecule has 0 atom stereocenters. The number of carbonyl (C=O) groups is 1. The lowest BCUT2D eigenvalue weighted by Crippen LogP contribution is -2.37. The van der Waals surface area contributed by atoms with E-state index in [4.69, 9.17) is 22.0 Å². The normalized spacial score (nSPS) is 18.6. The van der Waals surface area contributed by atoms with Gasteiger partial charge in [0.1, 0.15) is 5.69 Å². The van der Waals surface area contributed by atoms with Gasteiger partial charge in [-0.3, -0.25) is 4.79 Å². The van der Waals surface area contributed by atoms with E-state index < -0.39 is 5.82 Å². The van der Waals surface area contributed by atoms with Crippen LogP contribution in [0.15, 0.2) is 35.4 Å². The van der Waals surface area contributed by atoms with Gasteiger partial charge in [-0.05, 0) is 68.4 Å². The van der Waals surface area contributed by atoms with Crippen LogP contribution < -0.4 is 27.4 Å². The Morgan fingerprint density at radius 1 is 1.27 bits per heavy atom. The standard InChI is InChI=1S/C23H32FN7O2/c1-14-9-17(22(26)30-31(27)13-15-3-6-18(25)7-4-15)11-20(29-14)23(32)28-12-16-5-8-19(24)21(10-16)33-2/h5,8-11,15,18H,3-4,6-7,12-13,25,27H2,1-2H3,(H2,26,30)(H,28,32). The molecule has 33 heavy (non-hydrogen) atoms. The molecule has 1 amide bonds. The van der Waals surface area contributed by atoms with Crippen molar-refractivity contribution < 1.29 is 13.9 Å². The molecule has 10 heteroatoms. The van der Waals surface area contributed by atoms with E-state index in [0.29, 0.717) is 29.3 Å². The summed E-state index contributed by atoms with van der Waals surface area (Å²) in [6.07, 6.45) is 4.01. The Balaban J connectivity index is 1.65. The molecule has 0 bridgehead atoms. The second kappa shape index (κ2) is 11.1. The molecule has 3 rings (SSSR count). The Bertz CT molecular complexity index is 1010. The predicted molar refractivity (Wildman–Crippen MR) is 125 cm³/mol. The first-order valence-electron chi connectivity index (χ1n) is 11.0. The van der Waals surface area contributed by atoms with E-state index in [-0.39, 0.29) is 35.8 Å². The van der Waals surface area contributed by atoms with Gasteiger partial charge >= 0.3 is 0 Å². The van der Waals surface area contributed by atoms with Crippen molar-refractivity contribution in [1.29, 1.82) is 0 Å². The SMILES string of the molecule is COc1cc(CNC(=O)c2cc(/C(N)=N/N(N)CC3CCC(N)CC3)cc(C)n2)ccc1F. The Morgan fingerprint density at radius 3 is 2.70 bits per heavy atom. The average Bonchev–Trinajstić information content (AvgIpc) is 2.79. The molecule has 2 aromatic rings. The molecule has 0 radical (unpaired) electrons. The van der Waals surface area contributed by atoms with Crippen molar-refractivity contribution in [2.45, 2.75) is 45.2 Å². The third-order valence-corrected chi connectivity index (χ3v) is 5.72. The lowest BCUT2D eigenvalue weighted by atomic mass is 9.86. The summed E-state index contributed by atoms with van der Waals surface area (Å²) in [6, 6.07) is 7.99. The number of nitrogens with two attached hydrogens (primary N) is 3. The predicted octanol–water partition coefficient (Wildman–Crippen LogP) is 1.78. The fourth-order valence-electron chi connectivity index (χ4n) is 3.89. The highest BCUT2D eigenvalue weighted by Crippen LogP contribution is 2.23. The molecule has 0 saturated heterocycles. The summed E-state index contributed by atoms with van der Waals surface area (Å²) in [7, 11) is 1.39. The van der Waals surface area contributed by atoms with Crippen LogP contribution in [0.4, 0.5) is 4.39 Å². The van der Waals surface area contributed by atoms with Gasteiger partial charge in [0.05, 0.1) is 13.7 Å². The first-order chi connectivity index (χ1) is 15.7. The minimum Gasteiger partial charge on any atom is -0.494 e. The maximum Gasteiger partial charge on any atom is 0.270 e. The third kappa shape index (κ3) is 6.87. The summed E-state index contributed by atoms with van der Waals surface area (Å²) in [5.41, 5.74) is 14.2. The van der Waals surface area contributed by atoms with Crippen molar-refractivity contribution in [1.82, 2.24) is 15.4 Å². The number of carbonyl (C=O) groups excluding carboxylic acids is 1. The number of benzene rings is 1. The van der Waals surface area contributed by atoms with Gasteiger partial charge in [0.2, 0.25) is 0 Å². The summed E-state index contributed by atoms with van der Waals surface area (Å²) >= 11 is 0. The maximum absolute atomic E-state index is 13.6. The van der Waals surface area contributed by atoms with E-state index in [1.54, 1.807) is 25.1 Å². The molecule has 0 aliphatic heterocycles. The number of nitrogens with zero attached hydrogens (tertiary/aromatic N) is 3. The van der Waals surface area contributed by atoms with E-state index in [1.807, 2.05) is 0 Å². The monoisotopic (exact) mass is 457 g/mol. The van der Waals surface area contributed by atoms with E-state index in [0.717, 1.165) is 25.7 Å². The summed E-state index contributed by atoms with van der Waals surface area (Å²) in [5, 5.41) is 8.42. The van der Waals surface area contributed by atoms with Crippen molar-refractivity contribution in [3.05, 3.63) is 58.7 Å². The van der Waals surface area contributed by atoms with Crippen LogP contribution in [-0.2, 0) is 6.54 Å². The number of halogens is 1. The highest BCUT2D eigenvalue weighted by molar-refractivity contribution is 6.00. The highest BCUT2D eigenvalue weighted by atomic mass is 19.1. The van der Waals surface area contributed by atoms with E-state index in [9.17, 15) is 9.18 Å². The average molecular weight is 458 g/mol. The fraction of sp³-hybridized carbons (Fsp3) is 0.435. The number of ether oxygens (including phenoxy) is 1. The molecule has 0 unspecified atom stereocenters. The Labute approximate surface area is 193 Å². The van der Waals surface area contributed by atoms with E-state index >= 15 is 0 Å². The van der Waals surface area contributed by atoms with Gasteiger partial charge in [0.15, 0.2) is 17.4 Å². The number of hydrogen-bond acceptors (Lipinski definition) is 7. The number of pyridine rings is 1. The van der Waals surface area contributed by atoms with Crippen molar-refractivity contribution in [3.63, 3.8) is 0 Å². The molecule has 1 aromatic heterocycles. The van der Waals surface area contributed by atoms with Crippen LogP contribution in [0.5, 0.6) is 5.75 Å². The molecule has 1 heterocycles. The molecular formula is C23H32FN7O2. The number of hydrazine groups is 1. The molecule has 7 N–H and O–H groups in total. The molecule has 1 fully saturated rings. The number of rotatable bonds is 8. The Kier molecular flexibility index (Phi) is 8.18. The van der Waals surface area contributed by atoms with Gasteiger partial charge in [-0.1, -0.05) is 6.07 Å². The second-order valence-electron chi connectivity index (χ2n) is 8.42. The van der Waals surface area contributed by atoms with Crippen LogP contribution in [0, 0.1) is 18.7 Å². The summed E-state index contributed by atoms with van der Waals surface area (Å²) in [6.45, 7) is 2.54. The first-order valence-corrected chi connectivity index (χ1v) is 11.0. The molecule has 0 spiro atoms. The molecule has 1 aliphatic carbocycles. The van der Waals surface area contributed by atoms with Crippen LogP contribution in [-0.4, -0.2) is 41.5 Å². The van der Waals surface area contributed by atoms with Crippen LogP contribution in [0.25, 0.3) is 0 Å². The molecule has 1 aromatic carbocycles. The van der Waals surface area contributed by atoms with Crippen molar-refractivity contribution in [3.8, 4) is 5.75 Å². The van der Waals surface area contributed by atoms with Crippen molar-refractivity contribution in [2.75, 3.05) is 13.7 Å². The fourth-order valence-corrected chi connectivity index (χ4v) is 3.89. The Hall–Kier alpha value is -3.24. The van der Waals surface area contributed by atoms with Gasteiger partial charge in [-0.25, -0.2) is 20.3 Å². The maximum atomic E-state index is 13.6. The van der Waals surface area contributed by atoms with Crippen molar-refractivity contribution in [2.24, 2.45) is 28.3 Å². The summed E-state index contributed by atoms with van der Waals surface area (Å²) in [5.74, 6) is 5.95. The van der Waals surface area contributed by atoms with Crippen LogP contribution in [0.2, 0.25) is 0 Å². The van der Waals surface area contributed by atoms with Crippen molar-refractivity contribution >= 4 is 11.7 Å². The Morgan fingerprint density at radius 2 is 2.00 bits per heavy atom. The van der Waals surface area contributed by atoms with Crippen LogP contribution in [0.1, 0.15) is 53.0 Å². The number of amidine groups is 1. The van der Waals surface area contributed by atoms with Crippen LogP contribution >= 0.6 is 0 Å². The van der Waals surface area contributed by atoms with Crippen LogP contribution in [0.3, 0.4) is 0 Å². The first kappa shape index (κ1) is 24.4. The number of aryl methyl sites for hydroxylation is 1. The minimum absolute atomic E-state index is 0.115. The molecule has 1 aliphatic rings. The minimum atomic E-state index is -0.464. The number of amides is 1. The number of hydrogen-bond donors (Lipinski definition) is 4. The van der Waals surface area contributed by atoms with Gasteiger partial charge < -0.3 is 21.5 Å². The second-order valence-corrected chi connectivity index (χ2v) is 8.42. The molecular weight excluding hydrogens is 425 g/mol. The van der Waals surface area contributed by atoms with E-state index in [1.165, 1.54) is 24.4 Å². The number of hydrazone groups is 1. The number of methoxy groups -OCH3 is 1. The third-order valence-electron chi connectivity index (χ3n) is 5.72.